The topological polar surface area (TPSA) is 135 Å². The number of nitrogens with zero attached hydrogens (tertiary/aromatic N) is 6. The number of hydrogen-bond acceptors (Lipinski definition) is 8. The molecule has 204 valence electrons. The van der Waals surface area contributed by atoms with Gasteiger partial charge in [0.2, 0.25) is 11.6 Å². The number of fused-ring (bicyclic) bond motifs is 1. The van der Waals surface area contributed by atoms with Gasteiger partial charge in [-0.25, -0.2) is 15.0 Å². The predicted molar refractivity (Wildman–Crippen MR) is 162 cm³/mol. The summed E-state index contributed by atoms with van der Waals surface area (Å²) in [6.07, 6.45) is 6.53. The van der Waals surface area contributed by atoms with Gasteiger partial charge < -0.3 is 25.2 Å². The lowest BCUT2D eigenvalue weighted by Gasteiger charge is -2.28. The van der Waals surface area contributed by atoms with Gasteiger partial charge >= 0.3 is 5.82 Å². The Kier molecular flexibility index (Phi) is 9.03. The number of benzene rings is 1. The molecule has 0 bridgehead atoms. The molecule has 0 saturated carbocycles. The molecule has 2 aromatic heterocycles. The van der Waals surface area contributed by atoms with Crippen molar-refractivity contribution in [2.75, 3.05) is 37.8 Å². The molecule has 1 aliphatic rings. The van der Waals surface area contributed by atoms with Crippen molar-refractivity contribution in [3.8, 4) is 11.8 Å². The third-order valence-electron chi connectivity index (χ3n) is 5.82. The average Bonchev–Trinajstić information content (AvgIpc) is 3.28. The van der Waals surface area contributed by atoms with Gasteiger partial charge in [0.1, 0.15) is 24.5 Å². The van der Waals surface area contributed by atoms with Crippen molar-refractivity contribution in [1.29, 1.82) is 0 Å². The number of carbonyl (C=O) groups is 1. The van der Waals surface area contributed by atoms with Crippen molar-refractivity contribution in [2.24, 2.45) is 4.99 Å². The molecule has 40 heavy (non-hydrogen) atoms. The molecule has 0 radical (unpaired) electrons. The highest BCUT2D eigenvalue weighted by Gasteiger charge is 2.32. The first-order valence-electron chi connectivity index (χ1n) is 12.0. The summed E-state index contributed by atoms with van der Waals surface area (Å²) in [6.45, 7) is 2.53. The predicted octanol–water partition coefficient (Wildman–Crippen LogP) is 5.22. The molecule has 1 amide bonds. The number of nitro groups is 1. The molecule has 0 saturated heterocycles. The van der Waals surface area contributed by atoms with E-state index in [-0.39, 0.29) is 11.7 Å². The third kappa shape index (κ3) is 7.35. The van der Waals surface area contributed by atoms with Gasteiger partial charge in [-0.05, 0) is 85.0 Å². The summed E-state index contributed by atoms with van der Waals surface area (Å²) < 4.78 is 2.21. The molecular formula is C27H25Br2N8O3+. The smallest absolute Gasteiger partial charge is 0.358 e. The minimum atomic E-state index is -0.469. The Bertz CT molecular complexity index is 1650. The number of carbonyl (C=O) groups excluding carboxylic acids is 1. The summed E-state index contributed by atoms with van der Waals surface area (Å²) in [6, 6.07) is 7.44. The normalized spacial score (nSPS) is 13.3. The quantitative estimate of drug-likeness (QED) is 0.105. The van der Waals surface area contributed by atoms with Crippen LogP contribution in [0.15, 0.2) is 74.3 Å². The number of amides is 1. The van der Waals surface area contributed by atoms with Crippen LogP contribution < -0.4 is 10.6 Å². The van der Waals surface area contributed by atoms with Crippen LogP contribution in [-0.2, 0) is 4.79 Å². The maximum atomic E-state index is 12.6. The van der Waals surface area contributed by atoms with Gasteiger partial charge in [-0.2, -0.15) is 0 Å². The fourth-order valence-electron chi connectivity index (χ4n) is 4.07. The largest absolute Gasteiger partial charge is 0.369 e. The molecule has 3 heterocycles. The molecule has 1 aliphatic heterocycles. The molecule has 11 nitrogen and oxygen atoms in total. The van der Waals surface area contributed by atoms with Gasteiger partial charge in [0.25, 0.3) is 0 Å². The highest BCUT2D eigenvalue weighted by molar-refractivity contribution is 9.13. The third-order valence-corrected chi connectivity index (χ3v) is 7.70. The van der Waals surface area contributed by atoms with Crippen molar-refractivity contribution >= 4 is 71.7 Å². The van der Waals surface area contributed by atoms with Crippen LogP contribution in [-0.4, -0.2) is 63.2 Å². The highest BCUT2D eigenvalue weighted by Crippen LogP contribution is 2.29. The van der Waals surface area contributed by atoms with E-state index in [4.69, 9.17) is 0 Å². The zero-order valence-corrected chi connectivity index (χ0v) is 25.1. The number of aromatic nitrogens is 3. The molecule has 0 spiro atoms. The van der Waals surface area contributed by atoms with Gasteiger partial charge in [-0.1, -0.05) is 5.92 Å². The second-order valence-corrected chi connectivity index (χ2v) is 11.2. The van der Waals surface area contributed by atoms with E-state index in [1.54, 1.807) is 25.3 Å². The molecular weight excluding hydrogens is 644 g/mol. The lowest BCUT2D eigenvalue weighted by molar-refractivity contribution is -0.880. The number of pyridine rings is 1. The number of rotatable bonds is 9. The summed E-state index contributed by atoms with van der Waals surface area (Å²) >= 11 is 6.95. The number of aliphatic imine (C=N–C) groups is 1. The number of hydrogen-bond donors (Lipinski definition) is 2. The van der Waals surface area contributed by atoms with E-state index in [0.717, 1.165) is 14.6 Å². The molecule has 3 aromatic rings. The summed E-state index contributed by atoms with van der Waals surface area (Å²) in [5, 5.41) is 18.2. The minimum Gasteiger partial charge on any atom is -0.358 e. The molecule has 1 aromatic carbocycles. The maximum Gasteiger partial charge on any atom is 0.369 e. The average molecular weight is 669 g/mol. The zero-order chi connectivity index (χ0) is 28.9. The van der Waals surface area contributed by atoms with Crippen LogP contribution in [0.3, 0.4) is 0 Å². The second kappa shape index (κ2) is 12.5. The maximum absolute atomic E-state index is 12.6. The second-order valence-electron chi connectivity index (χ2n) is 9.53. The number of anilines is 3. The van der Waals surface area contributed by atoms with Crippen LogP contribution in [0.4, 0.5) is 17.3 Å². The molecule has 0 atom stereocenters. The highest BCUT2D eigenvalue weighted by atomic mass is 79.9. The van der Waals surface area contributed by atoms with Crippen molar-refractivity contribution < 1.29 is 14.2 Å². The number of likely N-dealkylation sites (N-methyl/N-ethyl adjacent to an activating group) is 1. The lowest BCUT2D eigenvalue weighted by atomic mass is 10.1. The van der Waals surface area contributed by atoms with Crippen molar-refractivity contribution in [3.63, 3.8) is 0 Å². The monoisotopic (exact) mass is 667 g/mol. The Hall–Kier alpha value is -3.99. The van der Waals surface area contributed by atoms with Gasteiger partial charge in [0.05, 0.1) is 44.3 Å². The van der Waals surface area contributed by atoms with Crippen LogP contribution >= 0.6 is 31.9 Å². The van der Waals surface area contributed by atoms with E-state index >= 15 is 0 Å². The van der Waals surface area contributed by atoms with E-state index in [0.29, 0.717) is 57.8 Å². The molecule has 13 heteroatoms. The first-order chi connectivity index (χ1) is 19.0. The van der Waals surface area contributed by atoms with Crippen LogP contribution in [0.25, 0.3) is 10.9 Å². The van der Waals surface area contributed by atoms with Crippen LogP contribution in [0.1, 0.15) is 13.3 Å². The molecule has 4 rings (SSSR count). The Morgan fingerprint density at radius 3 is 2.73 bits per heavy atom. The van der Waals surface area contributed by atoms with Crippen molar-refractivity contribution in [2.45, 2.75) is 13.3 Å². The Balaban J connectivity index is 1.41. The van der Waals surface area contributed by atoms with Crippen molar-refractivity contribution in [3.05, 3.63) is 79.4 Å². The van der Waals surface area contributed by atoms with E-state index in [1.807, 2.05) is 32.3 Å². The SMILES string of the molecule is CC#CC1=NC([N+](=O)[O-])=C(C[N+](C)(C)C/C=C/C(=O)Nc2cc3c(Nc4ccc(Br)c(Br)c4)ncnc3cn2)C1. The summed E-state index contributed by atoms with van der Waals surface area (Å²) in [5.41, 5.74) is 2.55. The van der Waals surface area contributed by atoms with Gasteiger partial charge in [-0.15, -0.1) is 0 Å². The molecule has 0 aliphatic carbocycles. The van der Waals surface area contributed by atoms with E-state index in [2.05, 4.69) is 74.3 Å². The fourth-order valence-corrected chi connectivity index (χ4v) is 4.70. The fraction of sp³-hybridized carbons (Fsp3) is 0.222. The Morgan fingerprint density at radius 1 is 1.20 bits per heavy atom. The number of halogens is 2. The van der Waals surface area contributed by atoms with Gasteiger partial charge in [0, 0.05) is 26.1 Å². The van der Waals surface area contributed by atoms with E-state index in [1.165, 1.54) is 12.4 Å². The first kappa shape index (κ1) is 29.0. The summed E-state index contributed by atoms with van der Waals surface area (Å²) in [7, 11) is 3.86. The van der Waals surface area contributed by atoms with E-state index < -0.39 is 4.92 Å². The lowest BCUT2D eigenvalue weighted by Crippen LogP contribution is -2.41. The van der Waals surface area contributed by atoms with Crippen LogP contribution in [0.5, 0.6) is 0 Å². The number of quaternary nitrogens is 1. The minimum absolute atomic E-state index is 0.140. The van der Waals surface area contributed by atoms with Crippen LogP contribution in [0, 0.1) is 22.0 Å². The zero-order valence-electron chi connectivity index (χ0n) is 21.9. The summed E-state index contributed by atoms with van der Waals surface area (Å²) in [4.78, 5) is 40.6. The summed E-state index contributed by atoms with van der Waals surface area (Å²) in [5.74, 6) is 5.97. The Labute approximate surface area is 247 Å². The molecule has 2 N–H and O–H groups in total. The molecule has 0 fully saturated rings. The van der Waals surface area contributed by atoms with Crippen molar-refractivity contribution in [1.82, 2.24) is 15.0 Å². The van der Waals surface area contributed by atoms with Crippen LogP contribution in [0.2, 0.25) is 0 Å². The number of nitrogens with one attached hydrogen (secondary N) is 2. The first-order valence-corrected chi connectivity index (χ1v) is 13.6. The van der Waals surface area contributed by atoms with E-state index in [9.17, 15) is 14.9 Å². The van der Waals surface area contributed by atoms with Gasteiger partial charge in [-0.3, -0.25) is 4.79 Å². The van der Waals surface area contributed by atoms with Gasteiger partial charge in [0.15, 0.2) is 0 Å². The molecule has 0 unspecified atom stereocenters. The Morgan fingerprint density at radius 2 is 2.00 bits per heavy atom. The standard InChI is InChI=1S/C27H24Br2N8O3/c1-4-6-18-11-17(27(34-18)36(39)40)15-37(2,3)10-5-7-25(38)35-24-13-20-23(14-30-24)31-16-32-26(20)33-19-8-9-21(28)22(29)12-19/h5,7-9,12-14,16H,10-11,15H2,1-3H3,(H-,30,31,32,33,35,38)/p+1/b7-5+.